The SMILES string of the molecule is O=C1Nc2ccccc2C1(c1cc(Cl)ccc1O)c1cc(Cl)ccc1O. The van der Waals surface area contributed by atoms with E-state index in [1.54, 1.807) is 24.3 Å². The van der Waals surface area contributed by atoms with E-state index in [9.17, 15) is 15.0 Å². The van der Waals surface area contributed by atoms with Gasteiger partial charge in [0.2, 0.25) is 5.91 Å². The molecule has 130 valence electrons. The Kier molecular flexibility index (Phi) is 3.83. The summed E-state index contributed by atoms with van der Waals surface area (Å²) >= 11 is 12.3. The molecule has 0 radical (unpaired) electrons. The number of rotatable bonds is 2. The smallest absolute Gasteiger partial charge is 0.244 e. The van der Waals surface area contributed by atoms with Gasteiger partial charge in [0, 0.05) is 32.4 Å². The quantitative estimate of drug-likeness (QED) is 0.599. The largest absolute Gasteiger partial charge is 0.508 e. The Morgan fingerprint density at radius 2 is 1.31 bits per heavy atom. The van der Waals surface area contributed by atoms with Crippen LogP contribution in [0.25, 0.3) is 0 Å². The molecule has 3 N–H and O–H groups in total. The van der Waals surface area contributed by atoms with Crippen LogP contribution in [-0.4, -0.2) is 16.1 Å². The summed E-state index contributed by atoms with van der Waals surface area (Å²) in [6.45, 7) is 0. The van der Waals surface area contributed by atoms with Crippen LogP contribution in [0.15, 0.2) is 60.7 Å². The van der Waals surface area contributed by atoms with Crippen molar-refractivity contribution in [2.24, 2.45) is 0 Å². The van der Waals surface area contributed by atoms with Crippen LogP contribution in [0.2, 0.25) is 10.0 Å². The van der Waals surface area contributed by atoms with E-state index in [1.165, 1.54) is 36.4 Å². The molecule has 3 aromatic carbocycles. The lowest BCUT2D eigenvalue weighted by Gasteiger charge is -2.30. The molecule has 1 amide bonds. The number of fused-ring (bicyclic) bond motifs is 1. The van der Waals surface area contributed by atoms with Crippen LogP contribution >= 0.6 is 23.2 Å². The second kappa shape index (κ2) is 5.94. The summed E-state index contributed by atoms with van der Waals surface area (Å²) in [4.78, 5) is 13.3. The number of anilines is 1. The summed E-state index contributed by atoms with van der Waals surface area (Å²) in [6, 6.07) is 16.1. The standard InChI is InChI=1S/C20H13Cl2NO3/c21-11-5-7-17(24)14(9-11)20(15-10-12(22)6-8-18(15)25)13-3-1-2-4-16(13)23-19(20)26/h1-10,24-25H,(H,23,26). The third-order valence-electron chi connectivity index (χ3n) is 4.65. The maximum atomic E-state index is 13.3. The minimum absolute atomic E-state index is 0.111. The number of phenolic OH excluding ortho intramolecular Hbond substituents is 2. The van der Waals surface area contributed by atoms with Gasteiger partial charge in [-0.1, -0.05) is 41.4 Å². The van der Waals surface area contributed by atoms with Crippen molar-refractivity contribution in [3.8, 4) is 11.5 Å². The van der Waals surface area contributed by atoms with E-state index in [2.05, 4.69) is 5.32 Å². The van der Waals surface area contributed by atoms with Gasteiger partial charge in [0.1, 0.15) is 16.9 Å². The number of nitrogens with one attached hydrogen (secondary N) is 1. The number of hydrogen-bond donors (Lipinski definition) is 3. The predicted octanol–water partition coefficient (Wildman–Crippen LogP) is 4.69. The number of aromatic hydroxyl groups is 2. The molecule has 0 spiro atoms. The van der Waals surface area contributed by atoms with Crippen molar-refractivity contribution in [1.82, 2.24) is 0 Å². The average Bonchev–Trinajstić information content (AvgIpc) is 2.92. The van der Waals surface area contributed by atoms with Crippen LogP contribution in [0.4, 0.5) is 5.69 Å². The van der Waals surface area contributed by atoms with Crippen molar-refractivity contribution < 1.29 is 15.0 Å². The number of benzene rings is 3. The number of amides is 1. The molecule has 1 heterocycles. The van der Waals surface area contributed by atoms with Crippen molar-refractivity contribution in [1.29, 1.82) is 0 Å². The molecule has 6 heteroatoms. The first-order chi connectivity index (χ1) is 12.4. The molecule has 0 atom stereocenters. The summed E-state index contributed by atoms with van der Waals surface area (Å²) in [5.41, 5.74) is 0.243. The van der Waals surface area contributed by atoms with Gasteiger partial charge in [-0.3, -0.25) is 4.79 Å². The molecule has 0 aliphatic carbocycles. The Hall–Kier alpha value is -2.69. The van der Waals surface area contributed by atoms with Crippen LogP contribution < -0.4 is 5.32 Å². The molecule has 1 aliphatic rings. The number of para-hydroxylation sites is 1. The van der Waals surface area contributed by atoms with Gasteiger partial charge in [0.05, 0.1) is 0 Å². The fourth-order valence-electron chi connectivity index (χ4n) is 3.55. The summed E-state index contributed by atoms with van der Waals surface area (Å²) in [5, 5.41) is 24.7. The van der Waals surface area contributed by atoms with E-state index >= 15 is 0 Å². The zero-order chi connectivity index (χ0) is 18.5. The lowest BCUT2D eigenvalue weighted by molar-refractivity contribution is -0.118. The molecule has 0 aromatic heterocycles. The maximum Gasteiger partial charge on any atom is 0.244 e. The Morgan fingerprint density at radius 3 is 1.88 bits per heavy atom. The molecular weight excluding hydrogens is 373 g/mol. The second-order valence-corrected chi connectivity index (χ2v) is 6.95. The van der Waals surface area contributed by atoms with E-state index in [-0.39, 0.29) is 22.6 Å². The highest BCUT2D eigenvalue weighted by atomic mass is 35.5. The number of phenols is 2. The normalized spacial score (nSPS) is 14.8. The fourth-order valence-corrected chi connectivity index (χ4v) is 3.90. The highest BCUT2D eigenvalue weighted by molar-refractivity contribution is 6.31. The van der Waals surface area contributed by atoms with Crippen LogP contribution in [-0.2, 0) is 10.2 Å². The van der Waals surface area contributed by atoms with E-state index in [0.717, 1.165) is 0 Å². The van der Waals surface area contributed by atoms with Gasteiger partial charge < -0.3 is 15.5 Å². The molecule has 4 rings (SSSR count). The molecule has 4 nitrogen and oxygen atoms in total. The summed E-state index contributed by atoms with van der Waals surface area (Å²) in [6.07, 6.45) is 0. The van der Waals surface area contributed by atoms with Crippen LogP contribution in [0.5, 0.6) is 11.5 Å². The van der Waals surface area contributed by atoms with E-state index in [1.807, 2.05) is 0 Å². The van der Waals surface area contributed by atoms with Gasteiger partial charge in [0.25, 0.3) is 0 Å². The number of carbonyl (C=O) groups is 1. The zero-order valence-electron chi connectivity index (χ0n) is 13.3. The maximum absolute atomic E-state index is 13.3. The van der Waals surface area contributed by atoms with Crippen LogP contribution in [0, 0.1) is 0 Å². The highest BCUT2D eigenvalue weighted by Crippen LogP contribution is 2.52. The Morgan fingerprint density at radius 1 is 0.769 bits per heavy atom. The molecule has 1 aliphatic heterocycles. The van der Waals surface area contributed by atoms with Crippen LogP contribution in [0.1, 0.15) is 16.7 Å². The molecule has 0 saturated heterocycles. The molecule has 0 unspecified atom stereocenters. The first-order valence-corrected chi connectivity index (χ1v) is 8.59. The molecule has 3 aromatic rings. The van der Waals surface area contributed by atoms with Gasteiger partial charge in [0.15, 0.2) is 0 Å². The fraction of sp³-hybridized carbons (Fsp3) is 0.0500. The Labute approximate surface area is 159 Å². The second-order valence-electron chi connectivity index (χ2n) is 6.07. The lowest BCUT2D eigenvalue weighted by atomic mass is 9.69. The van der Waals surface area contributed by atoms with E-state index in [4.69, 9.17) is 23.2 Å². The first-order valence-electron chi connectivity index (χ1n) is 7.83. The zero-order valence-corrected chi connectivity index (χ0v) is 14.8. The lowest BCUT2D eigenvalue weighted by Crippen LogP contribution is -2.37. The van der Waals surface area contributed by atoms with Crippen molar-refractivity contribution in [2.45, 2.75) is 5.41 Å². The third-order valence-corrected chi connectivity index (χ3v) is 5.12. The number of halogens is 2. The van der Waals surface area contributed by atoms with E-state index in [0.29, 0.717) is 21.3 Å². The molecule has 0 saturated carbocycles. The molecule has 0 fully saturated rings. The molecule has 26 heavy (non-hydrogen) atoms. The van der Waals surface area contributed by atoms with Gasteiger partial charge >= 0.3 is 0 Å². The monoisotopic (exact) mass is 385 g/mol. The predicted molar refractivity (Wildman–Crippen MR) is 101 cm³/mol. The van der Waals surface area contributed by atoms with Gasteiger partial charge in [-0.05, 0) is 42.5 Å². The average molecular weight is 386 g/mol. The Bertz CT molecular complexity index is 997. The molecular formula is C20H13Cl2NO3. The van der Waals surface area contributed by atoms with Crippen molar-refractivity contribution in [2.75, 3.05) is 5.32 Å². The van der Waals surface area contributed by atoms with Gasteiger partial charge in [-0.15, -0.1) is 0 Å². The van der Waals surface area contributed by atoms with E-state index < -0.39 is 11.3 Å². The minimum Gasteiger partial charge on any atom is -0.508 e. The number of hydrogen-bond acceptors (Lipinski definition) is 3. The first kappa shape index (κ1) is 16.8. The van der Waals surface area contributed by atoms with Gasteiger partial charge in [-0.25, -0.2) is 0 Å². The molecule has 0 bridgehead atoms. The summed E-state index contributed by atoms with van der Waals surface area (Å²) in [5.74, 6) is -0.630. The van der Waals surface area contributed by atoms with Crippen molar-refractivity contribution in [3.63, 3.8) is 0 Å². The van der Waals surface area contributed by atoms with Gasteiger partial charge in [-0.2, -0.15) is 0 Å². The van der Waals surface area contributed by atoms with Crippen LogP contribution in [0.3, 0.4) is 0 Å². The Balaban J connectivity index is 2.18. The summed E-state index contributed by atoms with van der Waals surface area (Å²) in [7, 11) is 0. The third kappa shape index (κ3) is 2.26. The highest BCUT2D eigenvalue weighted by Gasteiger charge is 2.52. The number of carbonyl (C=O) groups excluding carboxylic acids is 1. The minimum atomic E-state index is -1.49. The summed E-state index contributed by atoms with van der Waals surface area (Å²) < 4.78 is 0. The topological polar surface area (TPSA) is 69.6 Å². The van der Waals surface area contributed by atoms with Crippen molar-refractivity contribution in [3.05, 3.63) is 87.4 Å². The van der Waals surface area contributed by atoms with Crippen molar-refractivity contribution >= 4 is 34.8 Å².